The molecule has 0 rings (SSSR count). The van der Waals surface area contributed by atoms with Crippen molar-refractivity contribution in [3.63, 3.8) is 0 Å². The minimum atomic E-state index is -4.74. The first-order valence-corrected chi connectivity index (χ1v) is 3.88. The summed E-state index contributed by atoms with van der Waals surface area (Å²) in [7, 11) is 0. The number of aliphatic hydroxyl groups is 1. The second-order valence-electron chi connectivity index (χ2n) is 2.59. The van der Waals surface area contributed by atoms with Gasteiger partial charge in [-0.3, -0.25) is 0 Å². The highest BCUT2D eigenvalue weighted by atomic mass is 19.4. The summed E-state index contributed by atoms with van der Waals surface area (Å²) in [5.74, 6) is -0.921. The number of carbonyl (C=O) groups excluding carboxylic acids is 1. The quantitative estimate of drug-likeness (QED) is 0.566. The first-order valence-electron chi connectivity index (χ1n) is 3.88. The first-order chi connectivity index (χ1) is 6.29. The summed E-state index contributed by atoms with van der Waals surface area (Å²) in [5, 5.41) is 8.58. The Hall–Kier alpha value is -1.04. The molecule has 0 aliphatic heterocycles. The molecule has 0 aromatic carbocycles. The fourth-order valence-corrected chi connectivity index (χ4v) is 0.666. The van der Waals surface area contributed by atoms with Gasteiger partial charge in [0, 0.05) is 12.0 Å². The van der Waals surface area contributed by atoms with Gasteiger partial charge in [-0.2, -0.15) is 13.2 Å². The van der Waals surface area contributed by atoms with Crippen molar-refractivity contribution in [2.24, 2.45) is 0 Å². The molecule has 0 aromatic rings. The molecule has 0 heterocycles. The molecule has 6 heteroatoms. The predicted molar refractivity (Wildman–Crippen MR) is 42.5 cm³/mol. The molecular weight excluding hydrogens is 201 g/mol. The third-order valence-corrected chi connectivity index (χ3v) is 1.38. The van der Waals surface area contributed by atoms with Crippen LogP contribution in [0.15, 0.2) is 12.2 Å². The number of rotatable bonds is 4. The molecule has 0 aliphatic carbocycles. The average molecular weight is 212 g/mol. The third kappa shape index (κ3) is 4.27. The first kappa shape index (κ1) is 13.0. The lowest BCUT2D eigenvalue weighted by atomic mass is 10.1. The van der Waals surface area contributed by atoms with Crippen molar-refractivity contribution in [3.8, 4) is 0 Å². The summed E-state index contributed by atoms with van der Waals surface area (Å²) in [6.07, 6.45) is -8.17. The molecule has 0 spiro atoms. The van der Waals surface area contributed by atoms with Crippen LogP contribution in [-0.4, -0.2) is 30.0 Å². The van der Waals surface area contributed by atoms with E-state index < -0.39 is 30.2 Å². The Morgan fingerprint density at radius 3 is 2.43 bits per heavy atom. The van der Waals surface area contributed by atoms with Gasteiger partial charge in [0.15, 0.2) is 6.10 Å². The standard InChI is InChI=1S/C8H11F3O3/c1-3-14-7(13)5(2)4-6(12)8(9,10)11/h6,12H,2-4H2,1H3. The van der Waals surface area contributed by atoms with Gasteiger partial charge in [0.2, 0.25) is 0 Å². The van der Waals surface area contributed by atoms with E-state index in [0.717, 1.165) is 0 Å². The van der Waals surface area contributed by atoms with Gasteiger partial charge in [-0.1, -0.05) is 6.58 Å². The van der Waals surface area contributed by atoms with Crippen LogP contribution >= 0.6 is 0 Å². The lowest BCUT2D eigenvalue weighted by Gasteiger charge is -2.14. The molecule has 0 aromatic heterocycles. The van der Waals surface area contributed by atoms with Crippen molar-refractivity contribution in [1.82, 2.24) is 0 Å². The second kappa shape index (κ2) is 4.99. The SMILES string of the molecule is C=C(CC(O)C(F)(F)F)C(=O)OCC. The number of hydrogen-bond donors (Lipinski definition) is 1. The van der Waals surface area contributed by atoms with Gasteiger partial charge in [-0.25, -0.2) is 4.79 Å². The van der Waals surface area contributed by atoms with Crippen molar-refractivity contribution >= 4 is 5.97 Å². The van der Waals surface area contributed by atoms with Gasteiger partial charge in [0.1, 0.15) is 0 Å². The predicted octanol–water partition coefficient (Wildman–Crippen LogP) is 1.42. The Bertz CT molecular complexity index is 222. The van der Waals surface area contributed by atoms with Crippen LogP contribution in [0.4, 0.5) is 13.2 Å². The summed E-state index contributed by atoms with van der Waals surface area (Å²) in [5.41, 5.74) is -0.392. The minimum Gasteiger partial charge on any atom is -0.463 e. The maximum absolute atomic E-state index is 11.8. The topological polar surface area (TPSA) is 46.5 Å². The zero-order valence-corrected chi connectivity index (χ0v) is 7.60. The summed E-state index contributed by atoms with van der Waals surface area (Å²) in [6, 6.07) is 0. The molecule has 1 N–H and O–H groups in total. The molecule has 1 atom stereocenters. The number of esters is 1. The minimum absolute atomic E-state index is 0.0555. The highest BCUT2D eigenvalue weighted by molar-refractivity contribution is 5.87. The monoisotopic (exact) mass is 212 g/mol. The van der Waals surface area contributed by atoms with Crippen LogP contribution in [0.25, 0.3) is 0 Å². The zero-order valence-electron chi connectivity index (χ0n) is 7.60. The van der Waals surface area contributed by atoms with Crippen molar-refractivity contribution < 1.29 is 27.8 Å². The van der Waals surface area contributed by atoms with E-state index in [1.165, 1.54) is 6.92 Å². The van der Waals surface area contributed by atoms with Gasteiger partial charge in [-0.05, 0) is 6.92 Å². The highest BCUT2D eigenvalue weighted by Crippen LogP contribution is 2.24. The highest BCUT2D eigenvalue weighted by Gasteiger charge is 2.39. The van der Waals surface area contributed by atoms with E-state index in [1.807, 2.05) is 0 Å². The van der Waals surface area contributed by atoms with Crippen molar-refractivity contribution in [2.45, 2.75) is 25.6 Å². The number of halogens is 3. The third-order valence-electron chi connectivity index (χ3n) is 1.38. The summed E-state index contributed by atoms with van der Waals surface area (Å²) < 4.78 is 39.8. The largest absolute Gasteiger partial charge is 0.463 e. The van der Waals surface area contributed by atoms with E-state index in [2.05, 4.69) is 11.3 Å². The van der Waals surface area contributed by atoms with Crippen molar-refractivity contribution in [1.29, 1.82) is 0 Å². The van der Waals surface area contributed by atoms with E-state index in [4.69, 9.17) is 5.11 Å². The Balaban J connectivity index is 4.13. The molecule has 1 unspecified atom stereocenters. The van der Waals surface area contributed by atoms with Gasteiger partial charge >= 0.3 is 12.1 Å². The summed E-state index contributed by atoms with van der Waals surface area (Å²) in [4.78, 5) is 10.8. The van der Waals surface area contributed by atoms with E-state index >= 15 is 0 Å². The van der Waals surface area contributed by atoms with E-state index in [-0.39, 0.29) is 6.61 Å². The molecule has 3 nitrogen and oxygen atoms in total. The van der Waals surface area contributed by atoms with Crippen LogP contribution in [0, 0.1) is 0 Å². The Kier molecular flexibility index (Phi) is 4.62. The molecule has 0 fully saturated rings. The summed E-state index contributed by atoms with van der Waals surface area (Å²) >= 11 is 0. The number of alkyl halides is 3. The maximum atomic E-state index is 11.8. The Morgan fingerprint density at radius 2 is 2.07 bits per heavy atom. The number of carbonyl (C=O) groups is 1. The molecule has 0 radical (unpaired) electrons. The smallest absolute Gasteiger partial charge is 0.414 e. The van der Waals surface area contributed by atoms with E-state index in [9.17, 15) is 18.0 Å². The molecule has 0 aliphatic rings. The fourth-order valence-electron chi connectivity index (χ4n) is 0.666. The molecular formula is C8H11F3O3. The molecule has 14 heavy (non-hydrogen) atoms. The molecule has 0 saturated heterocycles. The fraction of sp³-hybridized carbons (Fsp3) is 0.625. The zero-order chi connectivity index (χ0) is 11.4. The van der Waals surface area contributed by atoms with Gasteiger partial charge < -0.3 is 9.84 Å². The number of aliphatic hydroxyl groups excluding tert-OH is 1. The van der Waals surface area contributed by atoms with E-state index in [1.54, 1.807) is 0 Å². The van der Waals surface area contributed by atoms with Crippen molar-refractivity contribution in [2.75, 3.05) is 6.61 Å². The van der Waals surface area contributed by atoms with Gasteiger partial charge in [0.05, 0.1) is 6.61 Å². The van der Waals surface area contributed by atoms with Crippen LogP contribution < -0.4 is 0 Å². The molecule has 0 saturated carbocycles. The van der Waals surface area contributed by atoms with Crippen LogP contribution in [-0.2, 0) is 9.53 Å². The van der Waals surface area contributed by atoms with Crippen LogP contribution in [0.2, 0.25) is 0 Å². The average Bonchev–Trinajstić information content (AvgIpc) is 2.02. The molecule has 82 valence electrons. The lowest BCUT2D eigenvalue weighted by molar-refractivity contribution is -0.203. The molecule has 0 bridgehead atoms. The Labute approximate surface area is 79.2 Å². The van der Waals surface area contributed by atoms with Crippen molar-refractivity contribution in [3.05, 3.63) is 12.2 Å². The summed E-state index contributed by atoms with van der Waals surface area (Å²) in [6.45, 7) is 4.67. The maximum Gasteiger partial charge on any atom is 0.414 e. The van der Waals surface area contributed by atoms with Crippen LogP contribution in [0.5, 0.6) is 0 Å². The number of ether oxygens (including phenoxy) is 1. The van der Waals surface area contributed by atoms with E-state index in [0.29, 0.717) is 0 Å². The van der Waals surface area contributed by atoms with Gasteiger partial charge in [0.25, 0.3) is 0 Å². The Morgan fingerprint density at radius 1 is 1.57 bits per heavy atom. The normalized spacial score (nSPS) is 13.5. The van der Waals surface area contributed by atoms with Crippen LogP contribution in [0.1, 0.15) is 13.3 Å². The van der Waals surface area contributed by atoms with Crippen LogP contribution in [0.3, 0.4) is 0 Å². The number of hydrogen-bond acceptors (Lipinski definition) is 3. The molecule has 0 amide bonds. The second-order valence-corrected chi connectivity index (χ2v) is 2.59. The van der Waals surface area contributed by atoms with Gasteiger partial charge in [-0.15, -0.1) is 0 Å². The lowest BCUT2D eigenvalue weighted by Crippen LogP contribution is -2.30.